The highest BCUT2D eigenvalue weighted by Crippen LogP contribution is 2.32. The fourth-order valence-corrected chi connectivity index (χ4v) is 3.64. The van der Waals surface area contributed by atoms with E-state index in [0.717, 1.165) is 36.7 Å². The topological polar surface area (TPSA) is 41.1 Å². The quantitative estimate of drug-likeness (QED) is 0.892. The lowest BCUT2D eigenvalue weighted by molar-refractivity contribution is -0.123. The van der Waals surface area contributed by atoms with Gasteiger partial charge in [-0.3, -0.25) is 4.79 Å². The molecule has 2 N–H and O–H groups in total. The molecule has 0 radical (unpaired) electrons. The average Bonchev–Trinajstić information content (AvgIpc) is 2.53. The number of nitrogens with one attached hydrogen (secondary N) is 2. The molecule has 1 aliphatic carbocycles. The van der Waals surface area contributed by atoms with Crippen molar-refractivity contribution in [2.75, 3.05) is 18.4 Å². The zero-order valence-corrected chi connectivity index (χ0v) is 12.9. The first-order valence-electron chi connectivity index (χ1n) is 8.34. The Bertz CT molecular complexity index is 492. The molecule has 1 aliphatic heterocycles. The Labute approximate surface area is 127 Å². The van der Waals surface area contributed by atoms with Gasteiger partial charge in [-0.25, -0.2) is 0 Å². The van der Waals surface area contributed by atoms with Gasteiger partial charge in [0.05, 0.1) is 5.92 Å². The first-order chi connectivity index (χ1) is 10.2. The summed E-state index contributed by atoms with van der Waals surface area (Å²) in [6, 6.07) is 8.19. The van der Waals surface area contributed by atoms with Crippen molar-refractivity contribution in [2.45, 2.75) is 44.9 Å². The van der Waals surface area contributed by atoms with E-state index in [1.807, 2.05) is 12.1 Å². The molecule has 1 aromatic rings. The largest absolute Gasteiger partial charge is 0.385 e. The van der Waals surface area contributed by atoms with Crippen LogP contribution >= 0.6 is 0 Å². The van der Waals surface area contributed by atoms with Crippen molar-refractivity contribution in [3.05, 3.63) is 29.8 Å². The molecule has 1 amide bonds. The van der Waals surface area contributed by atoms with Crippen molar-refractivity contribution >= 4 is 11.6 Å². The van der Waals surface area contributed by atoms with Crippen LogP contribution in [0.15, 0.2) is 24.3 Å². The van der Waals surface area contributed by atoms with E-state index in [9.17, 15) is 4.79 Å². The Morgan fingerprint density at radius 2 is 1.95 bits per heavy atom. The van der Waals surface area contributed by atoms with Gasteiger partial charge in [0.15, 0.2) is 0 Å². The molecular formula is C18H26N2O. The second-order valence-corrected chi connectivity index (χ2v) is 6.73. The van der Waals surface area contributed by atoms with Crippen LogP contribution in [-0.4, -0.2) is 19.0 Å². The lowest BCUT2D eigenvalue weighted by Gasteiger charge is -2.29. The van der Waals surface area contributed by atoms with Gasteiger partial charge in [0.1, 0.15) is 0 Å². The van der Waals surface area contributed by atoms with E-state index >= 15 is 0 Å². The maximum Gasteiger partial charge on any atom is 0.227 e. The van der Waals surface area contributed by atoms with Gasteiger partial charge in [-0.2, -0.15) is 0 Å². The number of anilines is 1. The van der Waals surface area contributed by atoms with E-state index < -0.39 is 0 Å². The number of fused-ring (bicyclic) bond motifs is 1. The maximum atomic E-state index is 12.5. The van der Waals surface area contributed by atoms with Gasteiger partial charge in [0.2, 0.25) is 5.91 Å². The van der Waals surface area contributed by atoms with Crippen molar-refractivity contribution in [1.29, 1.82) is 0 Å². The van der Waals surface area contributed by atoms with Crippen molar-refractivity contribution in [2.24, 2.45) is 11.8 Å². The standard InChI is InChI=1S/C18H26N2O/c1-13-6-8-14(9-7-13)12-20-18(21)16-10-11-19-17-5-3-2-4-15(16)17/h2-5,13-14,16,19H,6-12H2,1H3,(H,20,21). The van der Waals surface area contributed by atoms with E-state index in [2.05, 4.69) is 29.7 Å². The molecule has 1 saturated carbocycles. The summed E-state index contributed by atoms with van der Waals surface area (Å²) in [6.45, 7) is 4.08. The highest BCUT2D eigenvalue weighted by molar-refractivity contribution is 5.86. The van der Waals surface area contributed by atoms with E-state index in [-0.39, 0.29) is 11.8 Å². The van der Waals surface area contributed by atoms with Crippen molar-refractivity contribution in [1.82, 2.24) is 5.32 Å². The third kappa shape index (κ3) is 3.39. The Morgan fingerprint density at radius 1 is 1.19 bits per heavy atom. The molecule has 1 fully saturated rings. The summed E-state index contributed by atoms with van der Waals surface area (Å²) in [5, 5.41) is 6.59. The third-order valence-electron chi connectivity index (χ3n) is 5.10. The average molecular weight is 286 g/mol. The molecule has 0 aromatic heterocycles. The molecule has 0 spiro atoms. The number of carbonyl (C=O) groups excluding carboxylic acids is 1. The summed E-state index contributed by atoms with van der Waals surface area (Å²) in [7, 11) is 0. The van der Waals surface area contributed by atoms with Crippen LogP contribution in [0.4, 0.5) is 5.69 Å². The normalized spacial score (nSPS) is 28.3. The molecule has 1 unspecified atom stereocenters. The van der Waals surface area contributed by atoms with E-state index in [4.69, 9.17) is 0 Å². The van der Waals surface area contributed by atoms with Crippen molar-refractivity contribution in [3.8, 4) is 0 Å². The summed E-state index contributed by atoms with van der Waals surface area (Å²) >= 11 is 0. The Morgan fingerprint density at radius 3 is 2.76 bits per heavy atom. The predicted octanol–water partition coefficient (Wildman–Crippen LogP) is 3.53. The number of rotatable bonds is 3. The lowest BCUT2D eigenvalue weighted by Crippen LogP contribution is -2.36. The molecule has 1 atom stereocenters. The third-order valence-corrected chi connectivity index (χ3v) is 5.10. The summed E-state index contributed by atoms with van der Waals surface area (Å²) in [4.78, 5) is 12.5. The number of hydrogen-bond donors (Lipinski definition) is 2. The van der Waals surface area contributed by atoms with Crippen molar-refractivity contribution < 1.29 is 4.79 Å². The van der Waals surface area contributed by atoms with Crippen LogP contribution in [0, 0.1) is 11.8 Å². The van der Waals surface area contributed by atoms with E-state index in [1.165, 1.54) is 25.7 Å². The van der Waals surface area contributed by atoms with Crippen LogP contribution in [0.25, 0.3) is 0 Å². The first kappa shape index (κ1) is 14.4. The zero-order chi connectivity index (χ0) is 14.7. The fourth-order valence-electron chi connectivity index (χ4n) is 3.64. The summed E-state index contributed by atoms with van der Waals surface area (Å²) < 4.78 is 0. The molecule has 0 saturated heterocycles. The molecule has 3 rings (SSSR count). The van der Waals surface area contributed by atoms with Crippen molar-refractivity contribution in [3.63, 3.8) is 0 Å². The minimum absolute atomic E-state index is 0.0185. The number of carbonyl (C=O) groups is 1. The molecule has 1 aromatic carbocycles. The summed E-state index contributed by atoms with van der Waals surface area (Å²) in [5.41, 5.74) is 2.27. The monoisotopic (exact) mass is 286 g/mol. The number of hydrogen-bond acceptors (Lipinski definition) is 2. The predicted molar refractivity (Wildman–Crippen MR) is 86.4 cm³/mol. The van der Waals surface area contributed by atoms with Gasteiger partial charge in [-0.15, -0.1) is 0 Å². The fraction of sp³-hybridized carbons (Fsp3) is 0.611. The zero-order valence-electron chi connectivity index (χ0n) is 12.9. The van der Waals surface area contributed by atoms with Gasteiger partial charge in [-0.1, -0.05) is 38.0 Å². The molecular weight excluding hydrogens is 260 g/mol. The molecule has 3 heteroatoms. The highest BCUT2D eigenvalue weighted by Gasteiger charge is 2.27. The van der Waals surface area contributed by atoms with Crippen LogP contribution in [-0.2, 0) is 4.79 Å². The Balaban J connectivity index is 1.57. The van der Waals surface area contributed by atoms with Gasteiger partial charge in [0, 0.05) is 18.8 Å². The smallest absolute Gasteiger partial charge is 0.227 e. The summed E-state index contributed by atoms with van der Waals surface area (Å²) in [6.07, 6.45) is 6.06. The van der Waals surface area contributed by atoms with E-state index in [0.29, 0.717) is 5.92 Å². The second-order valence-electron chi connectivity index (χ2n) is 6.73. The van der Waals surface area contributed by atoms with Gasteiger partial charge in [0.25, 0.3) is 0 Å². The minimum Gasteiger partial charge on any atom is -0.385 e. The SMILES string of the molecule is CC1CCC(CNC(=O)C2CCNc3ccccc32)CC1. The van der Waals surface area contributed by atoms with Crippen LogP contribution in [0.2, 0.25) is 0 Å². The Kier molecular flexibility index (Phi) is 4.47. The molecule has 3 nitrogen and oxygen atoms in total. The Hall–Kier alpha value is -1.51. The molecule has 21 heavy (non-hydrogen) atoms. The summed E-state index contributed by atoms with van der Waals surface area (Å²) in [5.74, 6) is 1.78. The first-order valence-corrected chi connectivity index (χ1v) is 8.34. The molecule has 1 heterocycles. The molecule has 114 valence electrons. The van der Waals surface area contributed by atoms with Gasteiger partial charge >= 0.3 is 0 Å². The highest BCUT2D eigenvalue weighted by atomic mass is 16.1. The van der Waals surface area contributed by atoms with Crippen LogP contribution in [0.5, 0.6) is 0 Å². The van der Waals surface area contributed by atoms with Gasteiger partial charge in [-0.05, 0) is 42.7 Å². The minimum atomic E-state index is 0.0185. The van der Waals surface area contributed by atoms with E-state index in [1.54, 1.807) is 0 Å². The number of amides is 1. The lowest BCUT2D eigenvalue weighted by atomic mass is 9.83. The van der Waals surface area contributed by atoms with Crippen LogP contribution < -0.4 is 10.6 Å². The van der Waals surface area contributed by atoms with Crippen LogP contribution in [0.3, 0.4) is 0 Å². The second kappa shape index (κ2) is 6.50. The van der Waals surface area contributed by atoms with Gasteiger partial charge < -0.3 is 10.6 Å². The molecule has 0 bridgehead atoms. The van der Waals surface area contributed by atoms with Crippen LogP contribution in [0.1, 0.15) is 50.5 Å². The number of para-hydroxylation sites is 1. The number of benzene rings is 1. The maximum absolute atomic E-state index is 12.5. The molecule has 2 aliphatic rings.